The van der Waals surface area contributed by atoms with E-state index in [1.807, 2.05) is 6.92 Å². The number of rotatable bonds is 5. The number of carboxylic acid groups (broad SMARTS) is 1. The molecule has 3 N–H and O–H groups in total. The van der Waals surface area contributed by atoms with E-state index in [2.05, 4.69) is 9.71 Å². The van der Waals surface area contributed by atoms with Crippen LogP contribution in [0, 0.1) is 11.8 Å². The molecule has 0 spiro atoms. The number of carbonyl (C=O) groups excluding carboxylic acids is 1. The number of carboxylic acids is 1. The lowest BCUT2D eigenvalue weighted by Crippen LogP contribution is -2.63. The van der Waals surface area contributed by atoms with Crippen LogP contribution in [0.3, 0.4) is 0 Å². The molecule has 0 aromatic carbocycles. The van der Waals surface area contributed by atoms with Gasteiger partial charge in [-0.15, -0.1) is 11.3 Å². The number of nitrogens with one attached hydrogen (secondary N) is 1. The van der Waals surface area contributed by atoms with E-state index in [-0.39, 0.29) is 16.6 Å². The average Bonchev–Trinajstić information content (AvgIpc) is 3.24. The van der Waals surface area contributed by atoms with E-state index in [1.54, 1.807) is 6.20 Å². The summed E-state index contributed by atoms with van der Waals surface area (Å²) in [4.78, 5) is 30.4. The Morgan fingerprint density at radius 2 is 2.11 bits per heavy atom. The van der Waals surface area contributed by atoms with E-state index >= 15 is 0 Å². The Kier molecular flexibility index (Phi) is 4.16. The van der Waals surface area contributed by atoms with Crippen molar-refractivity contribution in [1.29, 1.82) is 0 Å². The highest BCUT2D eigenvalue weighted by molar-refractivity contribution is 7.89. The van der Waals surface area contributed by atoms with Crippen LogP contribution in [0.1, 0.15) is 18.7 Å². The number of hydrogen-bond donors (Lipinski definition) is 3. The number of fused-ring (bicyclic) bond motifs is 2. The van der Waals surface area contributed by atoms with Crippen molar-refractivity contribution in [2.45, 2.75) is 31.0 Å². The molecule has 0 radical (unpaired) electrons. The minimum atomic E-state index is -3.77. The largest absolute Gasteiger partial charge is 0.477 e. The number of thiazole rings is 1. The molecule has 2 aliphatic heterocycles. The molecule has 1 amide bonds. The first kappa shape index (κ1) is 19.1. The first-order valence-corrected chi connectivity index (χ1v) is 10.8. The molecule has 150 valence electrons. The number of aromatic nitrogens is 2. The Hall–Kier alpha value is -2.28. The predicted octanol–water partition coefficient (Wildman–Crippen LogP) is -0.0429. The summed E-state index contributed by atoms with van der Waals surface area (Å²) in [5, 5.41) is 19.5. The molecular weight excluding hydrogens is 408 g/mol. The third-order valence-corrected chi connectivity index (χ3v) is 7.96. The monoisotopic (exact) mass is 426 g/mol. The number of aliphatic hydroxyl groups is 1. The molecule has 2 aliphatic rings. The molecule has 4 rings (SSSR count). The summed E-state index contributed by atoms with van der Waals surface area (Å²) < 4.78 is 28.0. The van der Waals surface area contributed by atoms with Crippen molar-refractivity contribution < 1.29 is 28.2 Å². The first-order chi connectivity index (χ1) is 13.1. The summed E-state index contributed by atoms with van der Waals surface area (Å²) in [7, 11) is -2.49. The molecule has 0 saturated carbocycles. The Labute approximate surface area is 164 Å². The molecule has 12 heteroatoms. The first-order valence-electron chi connectivity index (χ1n) is 8.49. The van der Waals surface area contributed by atoms with Gasteiger partial charge in [0, 0.05) is 17.7 Å². The number of amides is 1. The van der Waals surface area contributed by atoms with Crippen molar-refractivity contribution in [3.05, 3.63) is 23.1 Å². The van der Waals surface area contributed by atoms with Crippen LogP contribution >= 0.6 is 11.3 Å². The van der Waals surface area contributed by atoms with Gasteiger partial charge in [-0.3, -0.25) is 9.20 Å². The van der Waals surface area contributed by atoms with Gasteiger partial charge in [0.2, 0.25) is 10.9 Å². The number of hydrogen-bond acceptors (Lipinski definition) is 7. The molecule has 0 aliphatic carbocycles. The van der Waals surface area contributed by atoms with E-state index in [0.29, 0.717) is 15.3 Å². The normalized spacial score (nSPS) is 25.9. The van der Waals surface area contributed by atoms with Gasteiger partial charge in [-0.1, -0.05) is 6.92 Å². The molecule has 4 heterocycles. The van der Waals surface area contributed by atoms with E-state index in [1.165, 1.54) is 29.6 Å². The van der Waals surface area contributed by atoms with Gasteiger partial charge < -0.3 is 15.1 Å². The number of aliphatic carboxylic acids is 1. The highest BCUT2D eigenvalue weighted by Gasteiger charge is 2.60. The molecule has 2 aromatic rings. The Morgan fingerprint density at radius 1 is 1.43 bits per heavy atom. The Bertz CT molecular complexity index is 1150. The van der Waals surface area contributed by atoms with Gasteiger partial charge in [-0.05, 0) is 14.0 Å². The molecule has 4 atom stereocenters. The highest BCUT2D eigenvalue weighted by atomic mass is 32.2. The second-order valence-corrected chi connectivity index (χ2v) is 9.72. The predicted molar refractivity (Wildman–Crippen MR) is 98.8 cm³/mol. The number of aliphatic hydroxyl groups excluding tert-OH is 1. The SMILES string of the molecule is CNS(=O)(=O)c1ncn2cc(C3=C(C(=O)O)N4C(=O)[C@H]([C@@H](C)O)[C@H]4[C@H]3C)sc12. The van der Waals surface area contributed by atoms with Crippen LogP contribution in [-0.2, 0) is 19.6 Å². The Morgan fingerprint density at radius 3 is 2.68 bits per heavy atom. The average molecular weight is 426 g/mol. The second kappa shape index (κ2) is 6.11. The lowest BCUT2D eigenvalue weighted by molar-refractivity contribution is -0.163. The van der Waals surface area contributed by atoms with Crippen LogP contribution < -0.4 is 4.72 Å². The number of β-lactam (4-membered cyclic amide) rings is 1. The van der Waals surface area contributed by atoms with Gasteiger partial charge >= 0.3 is 5.97 Å². The zero-order chi connectivity index (χ0) is 20.5. The van der Waals surface area contributed by atoms with E-state index in [0.717, 1.165) is 11.3 Å². The summed E-state index contributed by atoms with van der Waals surface area (Å²) in [6.07, 6.45) is 2.07. The van der Waals surface area contributed by atoms with E-state index in [4.69, 9.17) is 0 Å². The summed E-state index contributed by atoms with van der Waals surface area (Å²) >= 11 is 1.10. The van der Waals surface area contributed by atoms with Crippen LogP contribution in [0.15, 0.2) is 23.2 Å². The van der Waals surface area contributed by atoms with Crippen molar-refractivity contribution in [3.63, 3.8) is 0 Å². The van der Waals surface area contributed by atoms with Gasteiger partial charge in [0.15, 0.2) is 0 Å². The van der Waals surface area contributed by atoms with Crippen molar-refractivity contribution in [2.75, 3.05) is 7.05 Å². The van der Waals surface area contributed by atoms with Gasteiger partial charge in [0.1, 0.15) is 16.9 Å². The second-order valence-electron chi connectivity index (χ2n) is 6.89. The van der Waals surface area contributed by atoms with Gasteiger partial charge in [-0.2, -0.15) is 0 Å². The lowest BCUT2D eigenvalue weighted by atomic mass is 9.77. The summed E-state index contributed by atoms with van der Waals surface area (Å²) in [5.74, 6) is -2.64. The van der Waals surface area contributed by atoms with Crippen LogP contribution in [0.5, 0.6) is 0 Å². The topological polar surface area (TPSA) is 141 Å². The third kappa shape index (κ3) is 2.38. The van der Waals surface area contributed by atoms with Crippen LogP contribution in [0.4, 0.5) is 0 Å². The molecule has 10 nitrogen and oxygen atoms in total. The summed E-state index contributed by atoms with van der Waals surface area (Å²) in [5.41, 5.74) is 0.338. The van der Waals surface area contributed by atoms with E-state index in [9.17, 15) is 28.2 Å². The molecule has 1 fully saturated rings. The fourth-order valence-electron chi connectivity index (χ4n) is 4.08. The zero-order valence-corrected chi connectivity index (χ0v) is 16.8. The number of carbonyl (C=O) groups is 2. The van der Waals surface area contributed by atoms with Gasteiger partial charge in [-0.25, -0.2) is 22.9 Å². The fourth-order valence-corrected chi connectivity index (χ4v) is 6.36. The fraction of sp³-hybridized carbons (Fsp3) is 0.438. The number of sulfonamides is 1. The maximum absolute atomic E-state index is 12.4. The quantitative estimate of drug-likeness (QED) is 0.570. The summed E-state index contributed by atoms with van der Waals surface area (Å²) in [6.45, 7) is 3.32. The molecule has 0 unspecified atom stereocenters. The maximum atomic E-state index is 12.4. The minimum absolute atomic E-state index is 0.116. The van der Waals surface area contributed by atoms with Gasteiger partial charge in [0.25, 0.3) is 10.0 Å². The smallest absolute Gasteiger partial charge is 0.352 e. The molecule has 28 heavy (non-hydrogen) atoms. The van der Waals surface area contributed by atoms with Crippen molar-refractivity contribution in [1.82, 2.24) is 19.0 Å². The Balaban J connectivity index is 1.87. The van der Waals surface area contributed by atoms with Crippen LogP contribution in [-0.4, -0.2) is 64.0 Å². The standard InChI is InChI=1S/C16H18N4O6S2/c1-6-9(12(16(23)24)20-11(6)10(7(2)21)14(20)22)8-4-19-5-18-13(15(19)27-8)28(25,26)17-3/h4-7,10-11,17,21H,1-3H3,(H,23,24)/t6-,7+,10+,11+/m0/s1. The molecule has 1 saturated heterocycles. The van der Waals surface area contributed by atoms with Crippen LogP contribution in [0.2, 0.25) is 0 Å². The van der Waals surface area contributed by atoms with Crippen molar-refractivity contribution in [3.8, 4) is 0 Å². The van der Waals surface area contributed by atoms with Crippen molar-refractivity contribution in [2.24, 2.45) is 11.8 Å². The highest BCUT2D eigenvalue weighted by Crippen LogP contribution is 2.51. The maximum Gasteiger partial charge on any atom is 0.352 e. The summed E-state index contributed by atoms with van der Waals surface area (Å²) in [6, 6.07) is -0.436. The number of nitrogens with zero attached hydrogens (tertiary/aromatic N) is 3. The third-order valence-electron chi connectivity index (χ3n) is 5.34. The minimum Gasteiger partial charge on any atom is -0.477 e. The van der Waals surface area contributed by atoms with Gasteiger partial charge in [0.05, 0.1) is 22.9 Å². The number of imidazole rings is 1. The lowest BCUT2D eigenvalue weighted by Gasteiger charge is -2.46. The zero-order valence-electron chi connectivity index (χ0n) is 15.1. The van der Waals surface area contributed by atoms with E-state index < -0.39 is 40.0 Å². The van der Waals surface area contributed by atoms with Crippen molar-refractivity contribution >= 4 is 43.6 Å². The molecular formula is C16H18N4O6S2. The molecule has 0 bridgehead atoms. The van der Waals surface area contributed by atoms with Crippen LogP contribution in [0.25, 0.3) is 10.4 Å². The molecule has 2 aromatic heterocycles.